The van der Waals surface area contributed by atoms with Gasteiger partial charge in [-0.15, -0.1) is 0 Å². The zero-order valence-electron chi connectivity index (χ0n) is 22.9. The number of nitrogens with one attached hydrogen (secondary N) is 3. The van der Waals surface area contributed by atoms with Crippen molar-refractivity contribution in [1.29, 1.82) is 5.26 Å². The lowest BCUT2D eigenvalue weighted by atomic mass is 10.1. The molecule has 2 aromatic carbocycles. The molecule has 0 unspecified atom stereocenters. The third-order valence-corrected chi connectivity index (χ3v) is 6.85. The van der Waals surface area contributed by atoms with E-state index in [2.05, 4.69) is 79.5 Å². The molecule has 1 fully saturated rings. The summed E-state index contributed by atoms with van der Waals surface area (Å²) in [5.74, 6) is 0.263. The fraction of sp³-hybridized carbons (Fsp3) is 0.300. The van der Waals surface area contributed by atoms with Crippen LogP contribution in [0, 0.1) is 11.3 Å². The minimum absolute atomic E-state index is 0.290. The van der Waals surface area contributed by atoms with Crippen molar-refractivity contribution >= 4 is 40.2 Å². The zero-order valence-corrected chi connectivity index (χ0v) is 22.9. The molecule has 0 bridgehead atoms. The van der Waals surface area contributed by atoms with Crippen LogP contribution in [-0.2, 0) is 11.3 Å². The van der Waals surface area contributed by atoms with E-state index >= 15 is 0 Å². The summed E-state index contributed by atoms with van der Waals surface area (Å²) in [5.41, 5.74) is 5.73. The number of hydrogen-bond donors (Lipinski definition) is 3. The van der Waals surface area contributed by atoms with Crippen molar-refractivity contribution < 1.29 is 4.79 Å². The molecule has 3 N–H and O–H groups in total. The maximum atomic E-state index is 12.2. The lowest BCUT2D eigenvalue weighted by molar-refractivity contribution is -0.111. The Morgan fingerprint density at radius 1 is 1.08 bits per heavy atom. The van der Waals surface area contributed by atoms with E-state index < -0.39 is 0 Å². The second-order valence-electron chi connectivity index (χ2n) is 9.61. The fourth-order valence-corrected chi connectivity index (χ4v) is 4.45. The van der Waals surface area contributed by atoms with Crippen LogP contribution in [-0.4, -0.2) is 62.6 Å². The minimum Gasteiger partial charge on any atom is -0.380 e. The van der Waals surface area contributed by atoms with Crippen molar-refractivity contribution in [1.82, 2.24) is 9.88 Å². The van der Waals surface area contributed by atoms with Gasteiger partial charge in [-0.25, -0.2) is 4.98 Å². The summed E-state index contributed by atoms with van der Waals surface area (Å²) < 4.78 is 0. The molecular weight excluding hydrogens is 488 g/mol. The van der Waals surface area contributed by atoms with Crippen LogP contribution in [0.15, 0.2) is 67.4 Å². The molecule has 202 valence electrons. The normalized spacial score (nSPS) is 13.3. The Bertz CT molecular complexity index is 1340. The van der Waals surface area contributed by atoms with Crippen LogP contribution in [0.2, 0.25) is 0 Å². The standard InChI is InChI=1S/C30H36N8O/c1-5-30(39)35-28-17-25(38-15-13-37(6-2)14-16-38)11-12-26(28)34-29-18-27(23(19-31)21-33-29)32-20-22-7-9-24(10-8-22)36(3)4/h5,7-12,17-18,21H,1,6,13-16,20H2,2-4H3,(H,35,39)(H2,32,33,34). The monoisotopic (exact) mass is 524 g/mol. The van der Waals surface area contributed by atoms with Crippen molar-refractivity contribution in [3.8, 4) is 6.07 Å². The van der Waals surface area contributed by atoms with Gasteiger partial charge in [0.05, 0.1) is 22.6 Å². The molecular formula is C30H36N8O. The van der Waals surface area contributed by atoms with E-state index in [1.807, 2.05) is 38.4 Å². The van der Waals surface area contributed by atoms with Gasteiger partial charge >= 0.3 is 0 Å². The first kappa shape index (κ1) is 27.5. The molecule has 1 saturated heterocycles. The predicted molar refractivity (Wildman–Crippen MR) is 160 cm³/mol. The van der Waals surface area contributed by atoms with Gasteiger partial charge in [0, 0.05) is 70.5 Å². The summed E-state index contributed by atoms with van der Waals surface area (Å²) in [7, 11) is 4.01. The van der Waals surface area contributed by atoms with E-state index in [0.717, 1.165) is 49.7 Å². The Kier molecular flexibility index (Phi) is 9.02. The van der Waals surface area contributed by atoms with Crippen LogP contribution in [0.4, 0.5) is 34.3 Å². The molecule has 9 nitrogen and oxygen atoms in total. The topological polar surface area (TPSA) is 99.6 Å². The van der Waals surface area contributed by atoms with Crippen LogP contribution in [0.5, 0.6) is 0 Å². The van der Waals surface area contributed by atoms with Crippen molar-refractivity contribution in [2.45, 2.75) is 13.5 Å². The number of nitriles is 1. The Hall–Kier alpha value is -4.55. The minimum atomic E-state index is -0.290. The first-order valence-electron chi connectivity index (χ1n) is 13.1. The van der Waals surface area contributed by atoms with Gasteiger partial charge in [-0.3, -0.25) is 4.79 Å². The number of nitrogens with zero attached hydrogens (tertiary/aromatic N) is 5. The van der Waals surface area contributed by atoms with Gasteiger partial charge in [-0.1, -0.05) is 25.6 Å². The van der Waals surface area contributed by atoms with Crippen LogP contribution < -0.4 is 25.8 Å². The highest BCUT2D eigenvalue weighted by atomic mass is 16.1. The molecule has 0 saturated carbocycles. The number of aromatic nitrogens is 1. The maximum Gasteiger partial charge on any atom is 0.247 e. The Labute approximate surface area is 230 Å². The largest absolute Gasteiger partial charge is 0.380 e. The average Bonchev–Trinajstić information content (AvgIpc) is 2.97. The summed E-state index contributed by atoms with van der Waals surface area (Å²) in [6.07, 6.45) is 2.80. The van der Waals surface area contributed by atoms with Crippen molar-refractivity contribution in [3.63, 3.8) is 0 Å². The molecule has 0 aliphatic carbocycles. The highest BCUT2D eigenvalue weighted by molar-refractivity contribution is 6.02. The molecule has 1 amide bonds. The predicted octanol–water partition coefficient (Wildman–Crippen LogP) is 4.64. The SMILES string of the molecule is C=CC(=O)Nc1cc(N2CCN(CC)CC2)ccc1Nc1cc(NCc2ccc(N(C)C)cc2)c(C#N)cn1. The van der Waals surface area contributed by atoms with Crippen molar-refractivity contribution in [2.75, 3.05) is 72.6 Å². The molecule has 1 aliphatic rings. The molecule has 9 heteroatoms. The van der Waals surface area contributed by atoms with Gasteiger partial charge < -0.3 is 30.7 Å². The third-order valence-electron chi connectivity index (χ3n) is 6.85. The van der Waals surface area contributed by atoms with E-state index in [4.69, 9.17) is 0 Å². The number of likely N-dealkylation sites (N-methyl/N-ethyl adjacent to an activating group) is 1. The quantitative estimate of drug-likeness (QED) is 0.330. The second kappa shape index (κ2) is 12.8. The van der Waals surface area contributed by atoms with Gasteiger partial charge in [0.2, 0.25) is 5.91 Å². The number of pyridine rings is 1. The van der Waals surface area contributed by atoms with Gasteiger partial charge in [0.1, 0.15) is 11.9 Å². The number of piperazine rings is 1. The average molecular weight is 525 g/mol. The molecule has 4 rings (SSSR count). The van der Waals surface area contributed by atoms with E-state index in [1.165, 1.54) is 6.08 Å². The number of benzene rings is 2. The summed E-state index contributed by atoms with van der Waals surface area (Å²) in [6, 6.07) is 18.2. The number of carbonyl (C=O) groups excluding carboxylic acids is 1. The molecule has 1 aliphatic heterocycles. The van der Waals surface area contributed by atoms with E-state index in [1.54, 1.807) is 6.20 Å². The molecule has 2 heterocycles. The number of rotatable bonds is 10. The highest BCUT2D eigenvalue weighted by Crippen LogP contribution is 2.31. The van der Waals surface area contributed by atoms with E-state index in [0.29, 0.717) is 35.0 Å². The van der Waals surface area contributed by atoms with Crippen molar-refractivity contribution in [2.24, 2.45) is 0 Å². The van der Waals surface area contributed by atoms with Crippen LogP contribution >= 0.6 is 0 Å². The summed E-state index contributed by atoms with van der Waals surface area (Å²) >= 11 is 0. The lowest BCUT2D eigenvalue weighted by Crippen LogP contribution is -2.46. The summed E-state index contributed by atoms with van der Waals surface area (Å²) in [5, 5.41) is 19.2. The molecule has 0 radical (unpaired) electrons. The van der Waals surface area contributed by atoms with Crippen LogP contribution in [0.25, 0.3) is 0 Å². The smallest absolute Gasteiger partial charge is 0.247 e. The van der Waals surface area contributed by atoms with E-state index in [9.17, 15) is 10.1 Å². The molecule has 1 aromatic heterocycles. The van der Waals surface area contributed by atoms with Gasteiger partial charge in [-0.2, -0.15) is 5.26 Å². The van der Waals surface area contributed by atoms with Gasteiger partial charge in [0.15, 0.2) is 0 Å². The number of hydrogen-bond acceptors (Lipinski definition) is 8. The molecule has 0 spiro atoms. The zero-order chi connectivity index (χ0) is 27.8. The first-order valence-corrected chi connectivity index (χ1v) is 13.1. The summed E-state index contributed by atoms with van der Waals surface area (Å²) in [4.78, 5) is 23.5. The number of carbonyl (C=O) groups is 1. The van der Waals surface area contributed by atoms with Crippen LogP contribution in [0.3, 0.4) is 0 Å². The fourth-order valence-electron chi connectivity index (χ4n) is 4.45. The lowest BCUT2D eigenvalue weighted by Gasteiger charge is -2.35. The Morgan fingerprint density at radius 2 is 1.82 bits per heavy atom. The van der Waals surface area contributed by atoms with Gasteiger partial charge in [-0.05, 0) is 48.5 Å². The number of anilines is 6. The molecule has 0 atom stereocenters. The maximum absolute atomic E-state index is 12.2. The number of amides is 1. The first-order chi connectivity index (χ1) is 18.9. The third kappa shape index (κ3) is 7.06. The van der Waals surface area contributed by atoms with Crippen LogP contribution in [0.1, 0.15) is 18.1 Å². The highest BCUT2D eigenvalue weighted by Gasteiger charge is 2.18. The Balaban J connectivity index is 1.53. The van der Waals surface area contributed by atoms with E-state index in [-0.39, 0.29) is 5.91 Å². The van der Waals surface area contributed by atoms with Crippen molar-refractivity contribution in [3.05, 3.63) is 78.5 Å². The molecule has 3 aromatic rings. The Morgan fingerprint density at radius 3 is 2.46 bits per heavy atom. The second-order valence-corrected chi connectivity index (χ2v) is 9.61. The molecule has 39 heavy (non-hydrogen) atoms. The van der Waals surface area contributed by atoms with Gasteiger partial charge in [0.25, 0.3) is 0 Å². The summed E-state index contributed by atoms with van der Waals surface area (Å²) in [6.45, 7) is 11.3.